The standard InChI is InChI=1S/C14H17F2N/c1-3-4-5-6-10-17-11(2)14-12(15)8-7-9-13(14)16/h1,7-9,11,17H,4-6,10H2,2H3. The molecule has 1 aromatic carbocycles. The van der Waals surface area contributed by atoms with Crippen LogP contribution in [0.25, 0.3) is 0 Å². The lowest BCUT2D eigenvalue weighted by Crippen LogP contribution is -2.21. The molecule has 1 unspecified atom stereocenters. The number of nitrogens with one attached hydrogen (secondary N) is 1. The van der Waals surface area contributed by atoms with Gasteiger partial charge in [-0.15, -0.1) is 12.3 Å². The van der Waals surface area contributed by atoms with Gasteiger partial charge in [0.15, 0.2) is 0 Å². The fourth-order valence-electron chi connectivity index (χ4n) is 1.70. The van der Waals surface area contributed by atoms with Crippen LogP contribution in [-0.4, -0.2) is 6.54 Å². The molecule has 0 aliphatic rings. The predicted octanol–water partition coefficient (Wildman–Crippen LogP) is 3.42. The lowest BCUT2D eigenvalue weighted by Gasteiger charge is -2.15. The summed E-state index contributed by atoms with van der Waals surface area (Å²) < 4.78 is 26.8. The second kappa shape index (κ2) is 7.03. The van der Waals surface area contributed by atoms with Crippen molar-refractivity contribution in [1.29, 1.82) is 0 Å². The van der Waals surface area contributed by atoms with Gasteiger partial charge >= 0.3 is 0 Å². The SMILES string of the molecule is C#CCCCCNC(C)c1c(F)cccc1F. The fourth-order valence-corrected chi connectivity index (χ4v) is 1.70. The Morgan fingerprint density at radius 3 is 2.53 bits per heavy atom. The van der Waals surface area contributed by atoms with E-state index in [1.807, 2.05) is 0 Å². The van der Waals surface area contributed by atoms with Crippen LogP contribution >= 0.6 is 0 Å². The molecule has 0 amide bonds. The summed E-state index contributed by atoms with van der Waals surface area (Å²) in [5.74, 6) is 1.55. The van der Waals surface area contributed by atoms with Crippen molar-refractivity contribution < 1.29 is 8.78 Å². The minimum atomic E-state index is -0.506. The number of hydrogen-bond donors (Lipinski definition) is 1. The lowest BCUT2D eigenvalue weighted by molar-refractivity contribution is 0.481. The predicted molar refractivity (Wildman–Crippen MR) is 65.5 cm³/mol. The molecule has 0 radical (unpaired) electrons. The molecular weight excluding hydrogens is 220 g/mol. The van der Waals surface area contributed by atoms with Crippen molar-refractivity contribution in [1.82, 2.24) is 5.32 Å². The smallest absolute Gasteiger partial charge is 0.130 e. The van der Waals surface area contributed by atoms with Crippen molar-refractivity contribution in [2.24, 2.45) is 0 Å². The quantitative estimate of drug-likeness (QED) is 0.590. The number of halogens is 2. The van der Waals surface area contributed by atoms with Gasteiger partial charge in [-0.3, -0.25) is 0 Å². The van der Waals surface area contributed by atoms with Crippen molar-refractivity contribution in [2.75, 3.05) is 6.54 Å². The van der Waals surface area contributed by atoms with E-state index in [0.717, 1.165) is 19.3 Å². The summed E-state index contributed by atoms with van der Waals surface area (Å²) in [6.07, 6.45) is 7.71. The highest BCUT2D eigenvalue weighted by atomic mass is 19.1. The highest BCUT2D eigenvalue weighted by Gasteiger charge is 2.14. The van der Waals surface area contributed by atoms with E-state index < -0.39 is 11.6 Å². The van der Waals surface area contributed by atoms with Crippen LogP contribution in [0, 0.1) is 24.0 Å². The van der Waals surface area contributed by atoms with Gasteiger partial charge in [-0.1, -0.05) is 6.07 Å². The number of rotatable bonds is 6. The second-order valence-electron chi connectivity index (χ2n) is 3.97. The van der Waals surface area contributed by atoms with Crippen molar-refractivity contribution in [3.05, 3.63) is 35.4 Å². The van der Waals surface area contributed by atoms with E-state index in [-0.39, 0.29) is 11.6 Å². The van der Waals surface area contributed by atoms with E-state index in [9.17, 15) is 8.78 Å². The third-order valence-electron chi connectivity index (χ3n) is 2.63. The molecule has 1 rings (SSSR count). The largest absolute Gasteiger partial charge is 0.310 e. The van der Waals surface area contributed by atoms with Gasteiger partial charge in [-0.05, 0) is 38.4 Å². The van der Waals surface area contributed by atoms with Gasteiger partial charge < -0.3 is 5.32 Å². The van der Waals surface area contributed by atoms with Crippen LogP contribution in [-0.2, 0) is 0 Å². The van der Waals surface area contributed by atoms with Crippen LogP contribution in [0.1, 0.15) is 37.8 Å². The first-order chi connectivity index (χ1) is 8.16. The Balaban J connectivity index is 2.47. The van der Waals surface area contributed by atoms with Crippen molar-refractivity contribution in [2.45, 2.75) is 32.2 Å². The highest BCUT2D eigenvalue weighted by Crippen LogP contribution is 2.20. The Bertz CT molecular complexity index is 375. The highest BCUT2D eigenvalue weighted by molar-refractivity contribution is 5.22. The second-order valence-corrected chi connectivity index (χ2v) is 3.97. The van der Waals surface area contributed by atoms with Crippen molar-refractivity contribution in [3.8, 4) is 12.3 Å². The van der Waals surface area contributed by atoms with E-state index >= 15 is 0 Å². The number of benzene rings is 1. The van der Waals surface area contributed by atoms with E-state index in [2.05, 4.69) is 11.2 Å². The molecule has 92 valence electrons. The average Bonchev–Trinajstić information content (AvgIpc) is 2.28. The molecule has 0 aliphatic heterocycles. The van der Waals surface area contributed by atoms with Crippen LogP contribution < -0.4 is 5.32 Å². The molecule has 1 nitrogen and oxygen atoms in total. The zero-order valence-electron chi connectivity index (χ0n) is 9.97. The van der Waals surface area contributed by atoms with Crippen LogP contribution in [0.15, 0.2) is 18.2 Å². The van der Waals surface area contributed by atoms with E-state index in [4.69, 9.17) is 6.42 Å². The maximum absolute atomic E-state index is 13.4. The Hall–Kier alpha value is -1.40. The van der Waals surface area contributed by atoms with E-state index in [1.54, 1.807) is 6.92 Å². The van der Waals surface area contributed by atoms with Crippen LogP contribution in [0.5, 0.6) is 0 Å². The Kier molecular flexibility index (Phi) is 5.65. The van der Waals surface area contributed by atoms with Gasteiger partial charge in [0.1, 0.15) is 11.6 Å². The maximum atomic E-state index is 13.4. The summed E-state index contributed by atoms with van der Waals surface area (Å²) in [5, 5.41) is 3.09. The lowest BCUT2D eigenvalue weighted by atomic mass is 10.1. The Morgan fingerprint density at radius 1 is 1.29 bits per heavy atom. The van der Waals surface area contributed by atoms with Crippen LogP contribution in [0.4, 0.5) is 8.78 Å². The molecule has 0 saturated heterocycles. The molecule has 0 fully saturated rings. The molecule has 17 heavy (non-hydrogen) atoms. The molecule has 1 atom stereocenters. The third-order valence-corrected chi connectivity index (χ3v) is 2.63. The van der Waals surface area contributed by atoms with Gasteiger partial charge in [-0.25, -0.2) is 8.78 Å². The Morgan fingerprint density at radius 2 is 1.94 bits per heavy atom. The zero-order chi connectivity index (χ0) is 12.7. The number of unbranched alkanes of at least 4 members (excludes halogenated alkanes) is 2. The summed E-state index contributed by atoms with van der Waals surface area (Å²) in [6.45, 7) is 2.46. The van der Waals surface area contributed by atoms with Crippen LogP contribution in [0.2, 0.25) is 0 Å². The minimum Gasteiger partial charge on any atom is -0.310 e. The molecular formula is C14H17F2N. The first kappa shape index (κ1) is 13.7. The molecule has 1 aromatic rings. The summed E-state index contributed by atoms with van der Waals surface area (Å²) in [4.78, 5) is 0. The average molecular weight is 237 g/mol. The number of terminal acetylenes is 1. The zero-order valence-corrected chi connectivity index (χ0v) is 9.97. The van der Waals surface area contributed by atoms with Gasteiger partial charge in [0.05, 0.1) is 0 Å². The van der Waals surface area contributed by atoms with Gasteiger partial charge in [0.2, 0.25) is 0 Å². The molecule has 1 N–H and O–H groups in total. The van der Waals surface area contributed by atoms with Gasteiger partial charge in [-0.2, -0.15) is 0 Å². The number of hydrogen-bond acceptors (Lipinski definition) is 1. The summed E-state index contributed by atoms with van der Waals surface area (Å²) >= 11 is 0. The first-order valence-electron chi connectivity index (χ1n) is 5.77. The summed E-state index contributed by atoms with van der Waals surface area (Å²) in [6, 6.07) is 3.58. The van der Waals surface area contributed by atoms with Crippen molar-refractivity contribution in [3.63, 3.8) is 0 Å². The van der Waals surface area contributed by atoms with E-state index in [1.165, 1.54) is 18.2 Å². The monoisotopic (exact) mass is 237 g/mol. The topological polar surface area (TPSA) is 12.0 Å². The Labute approximate surface area is 101 Å². The summed E-state index contributed by atoms with van der Waals surface area (Å²) in [5.41, 5.74) is 0.101. The molecule has 0 heterocycles. The first-order valence-corrected chi connectivity index (χ1v) is 5.77. The van der Waals surface area contributed by atoms with Crippen molar-refractivity contribution >= 4 is 0 Å². The fraction of sp³-hybridized carbons (Fsp3) is 0.429. The van der Waals surface area contributed by atoms with Crippen LogP contribution in [0.3, 0.4) is 0 Å². The molecule has 0 spiro atoms. The minimum absolute atomic E-state index is 0.101. The van der Waals surface area contributed by atoms with Gasteiger partial charge in [0, 0.05) is 18.0 Å². The molecule has 0 bridgehead atoms. The summed E-state index contributed by atoms with van der Waals surface area (Å²) in [7, 11) is 0. The molecule has 0 saturated carbocycles. The third kappa shape index (κ3) is 4.16. The van der Waals surface area contributed by atoms with Gasteiger partial charge in [0.25, 0.3) is 0 Å². The normalized spacial score (nSPS) is 12.1. The molecule has 0 aliphatic carbocycles. The van der Waals surface area contributed by atoms with E-state index in [0.29, 0.717) is 6.54 Å². The molecule has 3 heteroatoms. The maximum Gasteiger partial charge on any atom is 0.130 e. The molecule has 0 aromatic heterocycles.